The van der Waals surface area contributed by atoms with Gasteiger partial charge in [-0.25, -0.2) is 9.67 Å². The summed E-state index contributed by atoms with van der Waals surface area (Å²) in [5, 5.41) is 7.66. The first kappa shape index (κ1) is 17.0. The van der Waals surface area contributed by atoms with Gasteiger partial charge < -0.3 is 14.8 Å². The Morgan fingerprint density at radius 2 is 1.88 bits per heavy atom. The fourth-order valence-corrected chi connectivity index (χ4v) is 2.73. The summed E-state index contributed by atoms with van der Waals surface area (Å²) in [5.74, 6) is 1.51. The zero-order chi connectivity index (χ0) is 17.6. The monoisotopic (exact) mass is 338 g/mol. The SMILES string of the molecule is COc1cccc(CNC(C)c2ccc(-n3cncn3)cc2)c1OC. The van der Waals surface area contributed by atoms with Crippen molar-refractivity contribution in [3.63, 3.8) is 0 Å². The number of nitrogens with zero attached hydrogens (tertiary/aromatic N) is 3. The summed E-state index contributed by atoms with van der Waals surface area (Å²) in [6.45, 7) is 2.82. The maximum Gasteiger partial charge on any atom is 0.165 e. The van der Waals surface area contributed by atoms with E-state index < -0.39 is 0 Å². The number of rotatable bonds is 7. The molecule has 0 fully saturated rings. The molecule has 2 aromatic carbocycles. The van der Waals surface area contributed by atoms with Gasteiger partial charge >= 0.3 is 0 Å². The molecule has 1 unspecified atom stereocenters. The van der Waals surface area contributed by atoms with Gasteiger partial charge in [-0.1, -0.05) is 24.3 Å². The van der Waals surface area contributed by atoms with Crippen LogP contribution in [0.3, 0.4) is 0 Å². The largest absolute Gasteiger partial charge is 0.493 e. The number of ether oxygens (including phenoxy) is 2. The molecule has 1 aromatic heterocycles. The number of nitrogens with one attached hydrogen (secondary N) is 1. The molecule has 1 heterocycles. The Balaban J connectivity index is 1.68. The van der Waals surface area contributed by atoms with Gasteiger partial charge in [-0.05, 0) is 30.7 Å². The van der Waals surface area contributed by atoms with Crippen molar-refractivity contribution < 1.29 is 9.47 Å². The maximum atomic E-state index is 5.48. The lowest BCUT2D eigenvalue weighted by Crippen LogP contribution is -2.18. The molecule has 6 heteroatoms. The number of methoxy groups -OCH3 is 2. The second-order valence-electron chi connectivity index (χ2n) is 5.69. The van der Waals surface area contributed by atoms with Crippen molar-refractivity contribution in [2.75, 3.05) is 14.2 Å². The molecule has 0 aliphatic rings. The van der Waals surface area contributed by atoms with Crippen molar-refractivity contribution in [1.29, 1.82) is 0 Å². The number of aromatic nitrogens is 3. The summed E-state index contributed by atoms with van der Waals surface area (Å²) >= 11 is 0. The third-order valence-corrected chi connectivity index (χ3v) is 4.16. The highest BCUT2D eigenvalue weighted by Crippen LogP contribution is 2.31. The van der Waals surface area contributed by atoms with Crippen LogP contribution < -0.4 is 14.8 Å². The molecular formula is C19H22N4O2. The summed E-state index contributed by atoms with van der Waals surface area (Å²) in [6, 6.07) is 14.4. The molecule has 0 amide bonds. The van der Waals surface area contributed by atoms with Crippen LogP contribution in [0.5, 0.6) is 11.5 Å². The predicted octanol–water partition coefficient (Wildman–Crippen LogP) is 3.14. The lowest BCUT2D eigenvalue weighted by Gasteiger charge is -2.17. The van der Waals surface area contributed by atoms with E-state index in [4.69, 9.17) is 9.47 Å². The van der Waals surface area contributed by atoms with Crippen molar-refractivity contribution in [2.24, 2.45) is 0 Å². The van der Waals surface area contributed by atoms with Crippen LogP contribution in [-0.2, 0) is 6.54 Å². The fourth-order valence-electron chi connectivity index (χ4n) is 2.73. The minimum atomic E-state index is 0.195. The Bertz CT molecular complexity index is 801. The first-order chi connectivity index (χ1) is 12.2. The Hall–Kier alpha value is -2.86. The Morgan fingerprint density at radius 1 is 1.08 bits per heavy atom. The minimum Gasteiger partial charge on any atom is -0.493 e. The standard InChI is InChI=1S/C19H22N4O2/c1-14(15-7-9-17(10-8-15)23-13-20-12-22-23)21-11-16-5-4-6-18(24-2)19(16)25-3/h4-10,12-14,21H,11H2,1-3H3. The van der Waals surface area contributed by atoms with E-state index in [1.807, 2.05) is 30.3 Å². The van der Waals surface area contributed by atoms with Crippen molar-refractivity contribution in [3.8, 4) is 17.2 Å². The molecule has 0 aliphatic carbocycles. The topological polar surface area (TPSA) is 61.2 Å². The van der Waals surface area contributed by atoms with E-state index >= 15 is 0 Å². The van der Waals surface area contributed by atoms with Crippen LogP contribution in [-0.4, -0.2) is 29.0 Å². The highest BCUT2D eigenvalue weighted by atomic mass is 16.5. The van der Waals surface area contributed by atoms with Gasteiger partial charge in [0.1, 0.15) is 12.7 Å². The van der Waals surface area contributed by atoms with Gasteiger partial charge in [0.05, 0.1) is 19.9 Å². The molecular weight excluding hydrogens is 316 g/mol. The summed E-state index contributed by atoms with van der Waals surface area (Å²) in [6.07, 6.45) is 3.21. The van der Waals surface area contributed by atoms with E-state index in [0.29, 0.717) is 6.54 Å². The van der Waals surface area contributed by atoms with Gasteiger partial charge in [0.15, 0.2) is 11.5 Å². The van der Waals surface area contributed by atoms with Crippen LogP contribution in [0.1, 0.15) is 24.1 Å². The van der Waals surface area contributed by atoms with Gasteiger partial charge in [0.2, 0.25) is 0 Å². The Labute approximate surface area is 147 Å². The first-order valence-corrected chi connectivity index (χ1v) is 8.11. The number of benzene rings is 2. The lowest BCUT2D eigenvalue weighted by atomic mass is 10.1. The van der Waals surface area contributed by atoms with E-state index in [2.05, 4.69) is 34.5 Å². The molecule has 3 rings (SSSR count). The third-order valence-electron chi connectivity index (χ3n) is 4.16. The molecule has 0 radical (unpaired) electrons. The van der Waals surface area contributed by atoms with E-state index in [1.54, 1.807) is 25.2 Å². The second-order valence-corrected chi connectivity index (χ2v) is 5.69. The van der Waals surface area contributed by atoms with E-state index in [1.165, 1.54) is 11.9 Å². The molecule has 130 valence electrons. The van der Waals surface area contributed by atoms with Crippen molar-refractivity contribution in [2.45, 2.75) is 19.5 Å². The van der Waals surface area contributed by atoms with Crippen molar-refractivity contribution in [3.05, 3.63) is 66.2 Å². The average molecular weight is 338 g/mol. The van der Waals surface area contributed by atoms with Gasteiger partial charge in [-0.2, -0.15) is 5.10 Å². The molecule has 1 atom stereocenters. The van der Waals surface area contributed by atoms with Crippen LogP contribution in [0.15, 0.2) is 55.1 Å². The normalized spacial score (nSPS) is 12.0. The zero-order valence-electron chi connectivity index (χ0n) is 14.6. The quantitative estimate of drug-likeness (QED) is 0.717. The number of para-hydroxylation sites is 1. The van der Waals surface area contributed by atoms with Gasteiger partial charge in [0.25, 0.3) is 0 Å². The number of hydrogen-bond acceptors (Lipinski definition) is 5. The van der Waals surface area contributed by atoms with Crippen LogP contribution in [0.4, 0.5) is 0 Å². The van der Waals surface area contributed by atoms with Crippen LogP contribution in [0, 0.1) is 0 Å². The van der Waals surface area contributed by atoms with Crippen LogP contribution in [0.2, 0.25) is 0 Å². The molecule has 1 N–H and O–H groups in total. The summed E-state index contributed by atoms with van der Waals surface area (Å²) in [5.41, 5.74) is 3.25. The molecule has 0 saturated carbocycles. The maximum absolute atomic E-state index is 5.48. The molecule has 0 bridgehead atoms. The van der Waals surface area contributed by atoms with E-state index in [0.717, 1.165) is 22.7 Å². The second kappa shape index (κ2) is 7.81. The van der Waals surface area contributed by atoms with E-state index in [9.17, 15) is 0 Å². The molecule has 0 saturated heterocycles. The lowest BCUT2D eigenvalue weighted by molar-refractivity contribution is 0.350. The smallest absolute Gasteiger partial charge is 0.165 e. The average Bonchev–Trinajstić information content (AvgIpc) is 3.20. The van der Waals surface area contributed by atoms with Crippen LogP contribution in [0.25, 0.3) is 5.69 Å². The van der Waals surface area contributed by atoms with Crippen LogP contribution >= 0.6 is 0 Å². The first-order valence-electron chi connectivity index (χ1n) is 8.11. The van der Waals surface area contributed by atoms with Gasteiger partial charge in [-0.15, -0.1) is 0 Å². The third kappa shape index (κ3) is 3.80. The van der Waals surface area contributed by atoms with Gasteiger partial charge in [0, 0.05) is 18.2 Å². The summed E-state index contributed by atoms with van der Waals surface area (Å²) < 4.78 is 12.6. The molecule has 25 heavy (non-hydrogen) atoms. The molecule has 0 spiro atoms. The Morgan fingerprint density at radius 3 is 2.52 bits per heavy atom. The highest BCUT2D eigenvalue weighted by molar-refractivity contribution is 5.46. The molecule has 3 aromatic rings. The molecule has 6 nitrogen and oxygen atoms in total. The van der Waals surface area contributed by atoms with Crippen molar-refractivity contribution >= 4 is 0 Å². The Kier molecular flexibility index (Phi) is 5.30. The van der Waals surface area contributed by atoms with E-state index in [-0.39, 0.29) is 6.04 Å². The van der Waals surface area contributed by atoms with Gasteiger partial charge in [-0.3, -0.25) is 0 Å². The fraction of sp³-hybridized carbons (Fsp3) is 0.263. The highest BCUT2D eigenvalue weighted by Gasteiger charge is 2.11. The van der Waals surface area contributed by atoms with Crippen molar-refractivity contribution in [1.82, 2.24) is 20.1 Å². The zero-order valence-corrected chi connectivity index (χ0v) is 14.6. The molecule has 0 aliphatic heterocycles. The summed E-state index contributed by atoms with van der Waals surface area (Å²) in [4.78, 5) is 3.97. The predicted molar refractivity (Wildman–Crippen MR) is 96.2 cm³/mol. The minimum absolute atomic E-state index is 0.195. The summed E-state index contributed by atoms with van der Waals surface area (Å²) in [7, 11) is 3.31. The number of hydrogen-bond donors (Lipinski definition) is 1.